The first-order valence-corrected chi connectivity index (χ1v) is 12.2. The average Bonchev–Trinajstić information content (AvgIpc) is 3.41. The van der Waals surface area contributed by atoms with E-state index in [-0.39, 0.29) is 30.3 Å². The van der Waals surface area contributed by atoms with E-state index in [1.54, 1.807) is 16.7 Å². The van der Waals surface area contributed by atoms with Crippen molar-refractivity contribution in [3.63, 3.8) is 0 Å². The van der Waals surface area contributed by atoms with Crippen molar-refractivity contribution in [2.75, 3.05) is 18.9 Å². The Kier molecular flexibility index (Phi) is 7.60. The van der Waals surface area contributed by atoms with E-state index in [1.807, 2.05) is 60.7 Å². The third kappa shape index (κ3) is 5.58. The second-order valence-electron chi connectivity index (χ2n) is 8.19. The number of benzene rings is 2. The molecule has 1 N–H and O–H groups in total. The van der Waals surface area contributed by atoms with Gasteiger partial charge in [-0.3, -0.25) is 14.4 Å². The summed E-state index contributed by atoms with van der Waals surface area (Å²) in [4.78, 5) is 39.9. The smallest absolute Gasteiger partial charge is 0.246 e. The summed E-state index contributed by atoms with van der Waals surface area (Å²) in [5.41, 5.74) is 2.25. The SMILES string of the molecule is O=C(CCc1ccccc1)NC(CSCc1ccccc1)C(=O)N1CCC2OCC(=O)C21. The topological polar surface area (TPSA) is 75.7 Å². The molecule has 3 unspecified atom stereocenters. The normalized spacial score (nSPS) is 20.8. The second-order valence-corrected chi connectivity index (χ2v) is 9.22. The molecule has 168 valence electrons. The monoisotopic (exact) mass is 452 g/mol. The minimum Gasteiger partial charge on any atom is -0.368 e. The van der Waals surface area contributed by atoms with Crippen LogP contribution >= 0.6 is 11.8 Å². The van der Waals surface area contributed by atoms with E-state index in [0.717, 1.165) is 11.3 Å². The molecule has 2 amide bonds. The Bertz CT molecular complexity index is 937. The number of likely N-dealkylation sites (tertiary alicyclic amines) is 1. The van der Waals surface area contributed by atoms with Crippen LogP contribution in [0.15, 0.2) is 60.7 Å². The Morgan fingerprint density at radius 2 is 1.75 bits per heavy atom. The zero-order valence-corrected chi connectivity index (χ0v) is 18.8. The van der Waals surface area contributed by atoms with Crippen LogP contribution in [0.5, 0.6) is 0 Å². The molecule has 0 saturated carbocycles. The molecule has 2 fully saturated rings. The minimum absolute atomic E-state index is 0.0491. The lowest BCUT2D eigenvalue weighted by atomic mass is 10.1. The van der Waals surface area contributed by atoms with Crippen LogP contribution in [-0.4, -0.2) is 59.6 Å². The molecule has 0 aromatic heterocycles. The first kappa shape index (κ1) is 22.6. The molecule has 0 spiro atoms. The van der Waals surface area contributed by atoms with Gasteiger partial charge in [-0.2, -0.15) is 11.8 Å². The van der Waals surface area contributed by atoms with E-state index in [9.17, 15) is 14.4 Å². The van der Waals surface area contributed by atoms with Crippen molar-refractivity contribution in [3.05, 3.63) is 71.8 Å². The number of fused-ring (bicyclic) bond motifs is 1. The Balaban J connectivity index is 1.39. The maximum absolute atomic E-state index is 13.4. The van der Waals surface area contributed by atoms with Gasteiger partial charge >= 0.3 is 0 Å². The molecule has 2 aromatic carbocycles. The van der Waals surface area contributed by atoms with Crippen molar-refractivity contribution in [2.45, 2.75) is 43.2 Å². The van der Waals surface area contributed by atoms with E-state index < -0.39 is 12.1 Å². The molecule has 3 atom stereocenters. The number of ether oxygens (including phenoxy) is 1. The Labute approximate surface area is 192 Å². The van der Waals surface area contributed by atoms with Gasteiger partial charge in [0.15, 0.2) is 5.78 Å². The average molecular weight is 453 g/mol. The molecular weight excluding hydrogens is 424 g/mol. The predicted octanol–water partition coefficient (Wildman–Crippen LogP) is 2.61. The summed E-state index contributed by atoms with van der Waals surface area (Å²) in [6.45, 7) is 0.551. The van der Waals surface area contributed by atoms with Crippen LogP contribution in [0.1, 0.15) is 24.0 Å². The van der Waals surface area contributed by atoms with Crippen LogP contribution < -0.4 is 5.32 Å². The highest BCUT2D eigenvalue weighted by atomic mass is 32.2. The van der Waals surface area contributed by atoms with Gasteiger partial charge in [0.1, 0.15) is 18.7 Å². The van der Waals surface area contributed by atoms with Gasteiger partial charge in [0.05, 0.1) is 6.10 Å². The highest BCUT2D eigenvalue weighted by molar-refractivity contribution is 7.98. The number of rotatable bonds is 9. The van der Waals surface area contributed by atoms with E-state index in [4.69, 9.17) is 4.74 Å². The molecule has 7 heteroatoms. The molecule has 2 saturated heterocycles. The van der Waals surface area contributed by atoms with Crippen molar-refractivity contribution >= 4 is 29.4 Å². The number of thioether (sulfide) groups is 1. The van der Waals surface area contributed by atoms with Gasteiger partial charge in [0.2, 0.25) is 11.8 Å². The van der Waals surface area contributed by atoms with E-state index >= 15 is 0 Å². The largest absolute Gasteiger partial charge is 0.368 e. The lowest BCUT2D eigenvalue weighted by Crippen LogP contribution is -2.53. The third-order valence-corrected chi connectivity index (χ3v) is 7.01. The van der Waals surface area contributed by atoms with Gasteiger partial charge in [0, 0.05) is 24.5 Å². The van der Waals surface area contributed by atoms with E-state index in [2.05, 4.69) is 5.32 Å². The van der Waals surface area contributed by atoms with Gasteiger partial charge < -0.3 is 15.0 Å². The lowest BCUT2D eigenvalue weighted by molar-refractivity contribution is -0.139. The first-order chi connectivity index (χ1) is 15.6. The molecule has 32 heavy (non-hydrogen) atoms. The lowest BCUT2D eigenvalue weighted by Gasteiger charge is -2.27. The summed E-state index contributed by atoms with van der Waals surface area (Å²) in [6.07, 6.45) is 1.38. The van der Waals surface area contributed by atoms with Gasteiger partial charge in [-0.25, -0.2) is 0 Å². The number of aryl methyl sites for hydroxylation is 1. The maximum Gasteiger partial charge on any atom is 0.246 e. The van der Waals surface area contributed by atoms with Crippen molar-refractivity contribution in [1.29, 1.82) is 0 Å². The fourth-order valence-electron chi connectivity index (χ4n) is 4.25. The fraction of sp³-hybridized carbons (Fsp3) is 0.400. The van der Waals surface area contributed by atoms with Crippen LogP contribution in [0.25, 0.3) is 0 Å². The first-order valence-electron chi connectivity index (χ1n) is 11.0. The van der Waals surface area contributed by atoms with Crippen molar-refractivity contribution in [2.24, 2.45) is 0 Å². The van der Waals surface area contributed by atoms with Crippen molar-refractivity contribution in [1.82, 2.24) is 10.2 Å². The van der Waals surface area contributed by atoms with E-state index in [0.29, 0.717) is 31.6 Å². The number of carbonyl (C=O) groups is 3. The van der Waals surface area contributed by atoms with Crippen LogP contribution in [-0.2, 0) is 31.3 Å². The number of nitrogens with one attached hydrogen (secondary N) is 1. The summed E-state index contributed by atoms with van der Waals surface area (Å²) < 4.78 is 5.52. The molecule has 0 bridgehead atoms. The maximum atomic E-state index is 13.4. The fourth-order valence-corrected chi connectivity index (χ4v) is 5.26. The Morgan fingerprint density at radius 1 is 1.06 bits per heavy atom. The summed E-state index contributed by atoms with van der Waals surface area (Å²) >= 11 is 1.61. The quantitative estimate of drug-likeness (QED) is 0.633. The highest BCUT2D eigenvalue weighted by Crippen LogP contribution is 2.28. The molecule has 2 aromatic rings. The molecule has 2 heterocycles. The number of ketones is 1. The molecule has 4 rings (SSSR count). The number of Topliss-reactive ketones (excluding diaryl/α,β-unsaturated/α-hetero) is 1. The Hall–Kier alpha value is -2.64. The number of carbonyl (C=O) groups excluding carboxylic acids is 3. The summed E-state index contributed by atoms with van der Waals surface area (Å²) in [6, 6.07) is 18.7. The molecule has 6 nitrogen and oxygen atoms in total. The summed E-state index contributed by atoms with van der Waals surface area (Å²) in [5, 5.41) is 2.94. The number of nitrogens with zero attached hydrogens (tertiary/aromatic N) is 1. The zero-order valence-electron chi connectivity index (χ0n) is 17.9. The van der Waals surface area contributed by atoms with Crippen LogP contribution in [0.2, 0.25) is 0 Å². The van der Waals surface area contributed by atoms with Crippen LogP contribution in [0.4, 0.5) is 0 Å². The van der Waals surface area contributed by atoms with Crippen LogP contribution in [0, 0.1) is 0 Å². The van der Waals surface area contributed by atoms with Gasteiger partial charge in [-0.15, -0.1) is 0 Å². The number of hydrogen-bond donors (Lipinski definition) is 1. The van der Waals surface area contributed by atoms with E-state index in [1.165, 1.54) is 5.56 Å². The second kappa shape index (κ2) is 10.8. The highest BCUT2D eigenvalue weighted by Gasteiger charge is 2.47. The summed E-state index contributed by atoms with van der Waals surface area (Å²) in [5.74, 6) is 0.806. The third-order valence-electron chi connectivity index (χ3n) is 5.91. The standard InChI is InChI=1S/C25H28N2O4S/c28-21-15-31-22-13-14-27(24(21)22)25(30)20(17-32-16-19-9-5-2-6-10-19)26-23(29)12-11-18-7-3-1-4-8-18/h1-10,20,22,24H,11-17H2,(H,26,29). The van der Waals surface area contributed by atoms with Crippen LogP contribution in [0.3, 0.4) is 0 Å². The zero-order chi connectivity index (χ0) is 22.3. The van der Waals surface area contributed by atoms with Gasteiger partial charge in [-0.05, 0) is 24.0 Å². The number of hydrogen-bond acceptors (Lipinski definition) is 5. The molecular formula is C25H28N2O4S. The van der Waals surface area contributed by atoms with Gasteiger partial charge in [-0.1, -0.05) is 60.7 Å². The molecule has 0 radical (unpaired) electrons. The summed E-state index contributed by atoms with van der Waals surface area (Å²) in [7, 11) is 0. The van der Waals surface area contributed by atoms with Gasteiger partial charge in [0.25, 0.3) is 0 Å². The Morgan fingerprint density at radius 3 is 2.47 bits per heavy atom. The molecule has 2 aliphatic rings. The van der Waals surface area contributed by atoms with Crippen molar-refractivity contribution < 1.29 is 19.1 Å². The van der Waals surface area contributed by atoms with Crippen molar-refractivity contribution in [3.8, 4) is 0 Å². The minimum atomic E-state index is -0.667. The predicted molar refractivity (Wildman–Crippen MR) is 124 cm³/mol. The number of amides is 2. The molecule has 0 aliphatic carbocycles. The molecule has 2 aliphatic heterocycles.